The Morgan fingerprint density at radius 2 is 1.96 bits per heavy atom. The van der Waals surface area contributed by atoms with Gasteiger partial charge in [0.05, 0.1) is 13.0 Å². The first kappa shape index (κ1) is 15.6. The summed E-state index contributed by atoms with van der Waals surface area (Å²) in [5.74, 6) is 0.985. The maximum Gasteiger partial charge on any atom is 0.310 e. The minimum absolute atomic E-state index is 0.0700. The topological polar surface area (TPSA) is 64.6 Å². The van der Waals surface area contributed by atoms with Gasteiger partial charge in [0.1, 0.15) is 5.75 Å². The average molecular weight is 315 g/mol. The van der Waals surface area contributed by atoms with Crippen LogP contribution < -0.4 is 10.1 Å². The summed E-state index contributed by atoms with van der Waals surface area (Å²) in [7, 11) is 1.61. The van der Waals surface area contributed by atoms with Crippen molar-refractivity contribution in [2.24, 2.45) is 17.8 Å². The zero-order chi connectivity index (χ0) is 16.2. The monoisotopic (exact) mass is 315 g/mol. The Labute approximate surface area is 135 Å². The Hall–Kier alpha value is -2.30. The molecule has 1 N–H and O–H groups in total. The first-order valence-electron chi connectivity index (χ1n) is 7.90. The van der Waals surface area contributed by atoms with Crippen molar-refractivity contribution in [2.75, 3.05) is 13.7 Å². The highest BCUT2D eigenvalue weighted by Crippen LogP contribution is 2.43. The number of allylic oxidation sites excluding steroid dienone is 2. The van der Waals surface area contributed by atoms with Gasteiger partial charge in [-0.3, -0.25) is 9.59 Å². The Kier molecular flexibility index (Phi) is 4.65. The van der Waals surface area contributed by atoms with Gasteiger partial charge in [-0.25, -0.2) is 0 Å². The zero-order valence-electron chi connectivity index (χ0n) is 13.2. The molecule has 0 aromatic heterocycles. The fourth-order valence-electron chi connectivity index (χ4n) is 3.29. The van der Waals surface area contributed by atoms with Crippen molar-refractivity contribution < 1.29 is 19.1 Å². The zero-order valence-corrected chi connectivity index (χ0v) is 13.2. The third-order valence-electron chi connectivity index (χ3n) is 4.58. The lowest BCUT2D eigenvalue weighted by atomic mass is 9.94. The molecule has 23 heavy (non-hydrogen) atoms. The van der Waals surface area contributed by atoms with Crippen molar-refractivity contribution in [1.29, 1.82) is 0 Å². The fourth-order valence-corrected chi connectivity index (χ4v) is 3.29. The molecule has 0 radical (unpaired) electrons. The lowest BCUT2D eigenvalue weighted by molar-refractivity contribution is -0.153. The summed E-state index contributed by atoms with van der Waals surface area (Å²) in [5.41, 5.74) is 0.962. The van der Waals surface area contributed by atoms with Gasteiger partial charge in [0.2, 0.25) is 0 Å². The summed E-state index contributed by atoms with van der Waals surface area (Å²) >= 11 is 0. The lowest BCUT2D eigenvalue weighted by Crippen LogP contribution is -2.30. The summed E-state index contributed by atoms with van der Waals surface area (Å²) < 4.78 is 10.2. The molecule has 2 aliphatic rings. The van der Waals surface area contributed by atoms with Crippen LogP contribution >= 0.6 is 0 Å². The number of hydrogen-bond acceptors (Lipinski definition) is 4. The van der Waals surface area contributed by atoms with Gasteiger partial charge >= 0.3 is 5.97 Å². The number of amides is 1. The van der Waals surface area contributed by atoms with Crippen LogP contribution in [-0.4, -0.2) is 25.6 Å². The number of benzene rings is 1. The van der Waals surface area contributed by atoms with Gasteiger partial charge < -0.3 is 14.8 Å². The van der Waals surface area contributed by atoms with Gasteiger partial charge in [0.15, 0.2) is 6.61 Å². The number of carbonyl (C=O) groups is 2. The largest absolute Gasteiger partial charge is 0.497 e. The van der Waals surface area contributed by atoms with Crippen LogP contribution in [0.1, 0.15) is 18.4 Å². The van der Waals surface area contributed by atoms with Crippen molar-refractivity contribution >= 4 is 11.9 Å². The highest BCUT2D eigenvalue weighted by molar-refractivity contribution is 5.81. The number of carbonyl (C=O) groups excluding carboxylic acids is 2. The first-order valence-corrected chi connectivity index (χ1v) is 7.90. The molecule has 1 fully saturated rings. The van der Waals surface area contributed by atoms with Gasteiger partial charge in [0, 0.05) is 6.54 Å². The van der Waals surface area contributed by atoms with E-state index in [4.69, 9.17) is 9.47 Å². The molecule has 0 heterocycles. The minimum atomic E-state index is -0.284. The number of rotatable bonds is 6. The molecule has 2 bridgehead atoms. The van der Waals surface area contributed by atoms with Crippen LogP contribution in [0.25, 0.3) is 0 Å². The second-order valence-electron chi connectivity index (χ2n) is 6.12. The molecular weight excluding hydrogens is 294 g/mol. The minimum Gasteiger partial charge on any atom is -0.497 e. The Bertz CT molecular complexity index is 608. The molecule has 1 saturated carbocycles. The highest BCUT2D eigenvalue weighted by atomic mass is 16.5. The van der Waals surface area contributed by atoms with E-state index in [0.29, 0.717) is 18.4 Å². The second-order valence-corrected chi connectivity index (χ2v) is 6.12. The maximum absolute atomic E-state index is 12.0. The Morgan fingerprint density at radius 3 is 2.57 bits per heavy atom. The summed E-state index contributed by atoms with van der Waals surface area (Å²) in [6.45, 7) is 0.184. The second kappa shape index (κ2) is 6.86. The van der Waals surface area contributed by atoms with E-state index >= 15 is 0 Å². The number of methoxy groups -OCH3 is 1. The lowest BCUT2D eigenvalue weighted by Gasteiger charge is -2.16. The molecule has 1 aromatic carbocycles. The molecule has 0 unspecified atom stereocenters. The summed E-state index contributed by atoms with van der Waals surface area (Å²) in [6, 6.07) is 7.44. The van der Waals surface area contributed by atoms with Gasteiger partial charge in [-0.15, -0.1) is 0 Å². The quantitative estimate of drug-likeness (QED) is 0.645. The van der Waals surface area contributed by atoms with E-state index in [1.807, 2.05) is 24.3 Å². The van der Waals surface area contributed by atoms with E-state index in [9.17, 15) is 9.59 Å². The van der Waals surface area contributed by atoms with E-state index in [1.165, 1.54) is 0 Å². The Balaban J connectivity index is 1.39. The normalized spacial score (nSPS) is 24.5. The molecular formula is C18H21NO4. The number of nitrogens with one attached hydrogen (secondary N) is 1. The molecule has 1 amide bonds. The van der Waals surface area contributed by atoms with Gasteiger partial charge in [-0.1, -0.05) is 24.3 Å². The van der Waals surface area contributed by atoms with Crippen LogP contribution in [0.3, 0.4) is 0 Å². The predicted octanol–water partition coefficient (Wildman–Crippen LogP) is 2.07. The van der Waals surface area contributed by atoms with Gasteiger partial charge in [-0.2, -0.15) is 0 Å². The molecule has 2 aliphatic carbocycles. The van der Waals surface area contributed by atoms with Crippen molar-refractivity contribution in [1.82, 2.24) is 5.32 Å². The summed E-state index contributed by atoms with van der Waals surface area (Å²) in [5, 5.41) is 2.75. The van der Waals surface area contributed by atoms with Crippen LogP contribution in [0.4, 0.5) is 0 Å². The fraction of sp³-hybridized carbons (Fsp3) is 0.444. The SMILES string of the molecule is COc1ccc(CNC(=O)COC(=O)[C@H]2C[C@@H]3C=C[C@H]2C3)cc1. The molecule has 1 aromatic rings. The van der Waals surface area contributed by atoms with Crippen LogP contribution in [-0.2, 0) is 20.9 Å². The molecule has 0 spiro atoms. The van der Waals surface area contributed by atoms with Crippen LogP contribution in [0.15, 0.2) is 36.4 Å². The maximum atomic E-state index is 12.0. The average Bonchev–Trinajstić information content (AvgIpc) is 3.21. The summed E-state index contributed by atoms with van der Waals surface area (Å²) in [4.78, 5) is 23.8. The molecule has 3 rings (SSSR count). The first-order chi connectivity index (χ1) is 11.2. The molecule has 0 saturated heterocycles. The Morgan fingerprint density at radius 1 is 1.17 bits per heavy atom. The van der Waals surface area contributed by atoms with E-state index in [0.717, 1.165) is 24.2 Å². The van der Waals surface area contributed by atoms with Crippen LogP contribution in [0.5, 0.6) is 5.75 Å². The molecule has 0 aliphatic heterocycles. The van der Waals surface area contributed by atoms with Crippen LogP contribution in [0.2, 0.25) is 0 Å². The predicted molar refractivity (Wildman–Crippen MR) is 84.6 cm³/mol. The van der Waals surface area contributed by atoms with Gasteiger partial charge in [-0.05, 0) is 42.4 Å². The van der Waals surface area contributed by atoms with Crippen molar-refractivity contribution in [3.8, 4) is 5.75 Å². The van der Waals surface area contributed by atoms with Crippen molar-refractivity contribution in [3.05, 3.63) is 42.0 Å². The number of fused-ring (bicyclic) bond motifs is 2. The third kappa shape index (κ3) is 3.73. The van der Waals surface area contributed by atoms with Crippen molar-refractivity contribution in [3.63, 3.8) is 0 Å². The van der Waals surface area contributed by atoms with Crippen LogP contribution in [0, 0.1) is 17.8 Å². The molecule has 5 heteroatoms. The van der Waals surface area contributed by atoms with Crippen molar-refractivity contribution in [2.45, 2.75) is 19.4 Å². The summed E-state index contributed by atoms with van der Waals surface area (Å²) in [6.07, 6.45) is 6.18. The number of hydrogen-bond donors (Lipinski definition) is 1. The molecule has 5 nitrogen and oxygen atoms in total. The number of ether oxygens (including phenoxy) is 2. The molecule has 122 valence electrons. The third-order valence-corrected chi connectivity index (χ3v) is 4.58. The standard InChI is InChI=1S/C18H21NO4/c1-22-15-6-3-12(4-7-15)10-19-17(20)11-23-18(21)16-9-13-2-5-14(16)8-13/h2-7,13-14,16H,8-11H2,1H3,(H,19,20)/t13-,14+,16+/m1/s1. The van der Waals surface area contributed by atoms with E-state index in [-0.39, 0.29) is 24.4 Å². The van der Waals surface area contributed by atoms with E-state index in [2.05, 4.69) is 17.5 Å². The smallest absolute Gasteiger partial charge is 0.310 e. The van der Waals surface area contributed by atoms with E-state index in [1.54, 1.807) is 7.11 Å². The molecule has 3 atom stereocenters. The number of esters is 1. The highest BCUT2D eigenvalue weighted by Gasteiger charge is 2.40. The van der Waals surface area contributed by atoms with E-state index < -0.39 is 0 Å². The van der Waals surface area contributed by atoms with Gasteiger partial charge in [0.25, 0.3) is 5.91 Å².